The summed E-state index contributed by atoms with van der Waals surface area (Å²) in [6.07, 6.45) is 0. The Morgan fingerprint density at radius 1 is 1.47 bits per heavy atom. The third-order valence-corrected chi connectivity index (χ3v) is 2.35. The maximum absolute atomic E-state index is 8.74. The van der Waals surface area contributed by atoms with Gasteiger partial charge in [0, 0.05) is 11.1 Å². The fraction of sp³-hybridized carbons (Fsp3) is 0.417. The van der Waals surface area contributed by atoms with Gasteiger partial charge >= 0.3 is 0 Å². The minimum absolute atomic E-state index is 0.207. The van der Waals surface area contributed by atoms with Gasteiger partial charge in [-0.15, -0.1) is 10.1 Å². The Labute approximate surface area is 106 Å². The van der Waals surface area contributed by atoms with Crippen LogP contribution in [0.2, 0.25) is 5.02 Å². The van der Waals surface area contributed by atoms with Gasteiger partial charge in [0.2, 0.25) is 0 Å². The lowest BCUT2D eigenvalue weighted by atomic mass is 10.1. The number of hydrogen-bond donors (Lipinski definition) is 1. The van der Waals surface area contributed by atoms with Crippen LogP contribution in [0.3, 0.4) is 0 Å². The van der Waals surface area contributed by atoms with Crippen LogP contribution >= 0.6 is 11.6 Å². The Kier molecular flexibility index (Phi) is 4.47. The van der Waals surface area contributed by atoms with Crippen molar-refractivity contribution < 1.29 is 4.70 Å². The van der Waals surface area contributed by atoms with Gasteiger partial charge in [0.05, 0.1) is 5.22 Å². The molecule has 1 N–H and O–H groups in total. The van der Waals surface area contributed by atoms with Crippen LogP contribution in [0.15, 0.2) is 29.5 Å². The van der Waals surface area contributed by atoms with Crippen LogP contribution in [0.1, 0.15) is 20.8 Å². The van der Waals surface area contributed by atoms with Gasteiger partial charge in [-0.05, 0) is 32.9 Å². The van der Waals surface area contributed by atoms with Crippen LogP contribution in [0.25, 0.3) is 0 Å². The number of anilines is 1. The van der Waals surface area contributed by atoms with E-state index in [1.165, 1.54) is 0 Å². The maximum Gasteiger partial charge on any atom is 0.193 e. The molecule has 0 aliphatic carbocycles. The normalized spacial score (nSPS) is 12.1. The van der Waals surface area contributed by atoms with E-state index in [4.69, 9.17) is 16.9 Å². The molecule has 0 aliphatic rings. The molecule has 0 amide bonds. The molecule has 1 rings (SSSR count). The summed E-state index contributed by atoms with van der Waals surface area (Å²) in [7, 11) is 0. The van der Waals surface area contributed by atoms with E-state index in [0.29, 0.717) is 5.02 Å². The van der Waals surface area contributed by atoms with Gasteiger partial charge in [0.1, 0.15) is 17.3 Å². The molecule has 0 saturated heterocycles. The van der Waals surface area contributed by atoms with Gasteiger partial charge in [-0.1, -0.05) is 17.7 Å². The zero-order chi connectivity index (χ0) is 12.9. The second-order valence-corrected chi connectivity index (χ2v) is 5.05. The predicted octanol–water partition coefficient (Wildman–Crippen LogP) is 3.45. The second kappa shape index (κ2) is 5.65. The smallest absolute Gasteiger partial charge is 0.193 e. The van der Waals surface area contributed by atoms with Gasteiger partial charge in [0.15, 0.2) is 6.54 Å². The Morgan fingerprint density at radius 2 is 2.18 bits per heavy atom. The van der Waals surface area contributed by atoms with Crippen LogP contribution < -0.4 is 5.43 Å². The Morgan fingerprint density at radius 3 is 2.71 bits per heavy atom. The highest BCUT2D eigenvalue weighted by molar-refractivity contribution is 6.30. The zero-order valence-corrected chi connectivity index (χ0v) is 11.0. The van der Waals surface area contributed by atoms with Crippen molar-refractivity contribution in [2.24, 2.45) is 5.22 Å². The highest BCUT2D eigenvalue weighted by atomic mass is 35.5. The van der Waals surface area contributed by atoms with Crippen LogP contribution in [-0.4, -0.2) is 16.8 Å². The number of benzene rings is 1. The standard InChI is InChI=1S/C12H15ClN4/c1-12(2,3)17(8-7-14)16-15-11-6-4-5-10(13)9-11/h4-6,9H,8H2,1-3H3/p+1. The average molecular weight is 252 g/mol. The van der Waals surface area contributed by atoms with Crippen molar-refractivity contribution in [3.05, 3.63) is 29.3 Å². The number of rotatable bonds is 3. The van der Waals surface area contributed by atoms with E-state index < -0.39 is 0 Å². The summed E-state index contributed by atoms with van der Waals surface area (Å²) in [6, 6.07) is 9.36. The van der Waals surface area contributed by atoms with Crippen molar-refractivity contribution in [1.29, 1.82) is 5.26 Å². The lowest BCUT2D eigenvalue weighted by Gasteiger charge is -2.16. The van der Waals surface area contributed by atoms with Crippen molar-refractivity contribution >= 4 is 17.3 Å². The molecule has 0 saturated carbocycles. The second-order valence-electron chi connectivity index (χ2n) is 4.61. The number of nitriles is 1. The Bertz CT molecular complexity index is 454. The van der Waals surface area contributed by atoms with E-state index in [0.717, 1.165) is 5.69 Å². The monoisotopic (exact) mass is 251 g/mol. The van der Waals surface area contributed by atoms with Crippen LogP contribution in [-0.2, 0) is 0 Å². The first kappa shape index (κ1) is 13.5. The van der Waals surface area contributed by atoms with E-state index in [1.54, 1.807) is 16.8 Å². The highest BCUT2D eigenvalue weighted by Crippen LogP contribution is 2.15. The molecular formula is C12H16ClN4+. The van der Waals surface area contributed by atoms with E-state index >= 15 is 0 Å². The van der Waals surface area contributed by atoms with Gasteiger partial charge in [-0.2, -0.15) is 5.26 Å². The number of nitrogens with one attached hydrogen (secondary N) is 1. The van der Waals surface area contributed by atoms with Crippen LogP contribution in [0.4, 0.5) is 5.69 Å². The maximum atomic E-state index is 8.74. The largest absolute Gasteiger partial charge is 0.194 e. The average Bonchev–Trinajstić information content (AvgIpc) is 2.22. The topological polar surface area (TPSA) is 51.2 Å². The SMILES string of the molecule is CC(C)(C)[N+](CC#N)=NNc1cccc(Cl)c1. The molecule has 5 heteroatoms. The Hall–Kier alpha value is -1.60. The fourth-order valence-electron chi connectivity index (χ4n) is 1.17. The summed E-state index contributed by atoms with van der Waals surface area (Å²) in [5.41, 5.74) is 3.48. The first-order valence-electron chi connectivity index (χ1n) is 5.30. The molecule has 0 aromatic heterocycles. The van der Waals surface area contributed by atoms with E-state index in [-0.39, 0.29) is 12.1 Å². The molecule has 0 heterocycles. The predicted molar refractivity (Wildman–Crippen MR) is 68.0 cm³/mol. The summed E-state index contributed by atoms with van der Waals surface area (Å²) in [5, 5.41) is 13.6. The minimum Gasteiger partial charge on any atom is -0.194 e. The summed E-state index contributed by atoms with van der Waals surface area (Å²) in [6.45, 7) is 6.21. The molecule has 0 spiro atoms. The van der Waals surface area contributed by atoms with E-state index in [9.17, 15) is 0 Å². The molecule has 0 bridgehead atoms. The lowest BCUT2D eigenvalue weighted by molar-refractivity contribution is -0.646. The molecule has 1 aromatic carbocycles. The van der Waals surface area contributed by atoms with Crippen molar-refractivity contribution in [1.82, 2.24) is 0 Å². The molecule has 90 valence electrons. The van der Waals surface area contributed by atoms with Crippen molar-refractivity contribution in [2.45, 2.75) is 26.3 Å². The molecule has 0 aliphatic heterocycles. The van der Waals surface area contributed by atoms with Gasteiger partial charge < -0.3 is 0 Å². The summed E-state index contributed by atoms with van der Waals surface area (Å²) in [4.78, 5) is 0. The third kappa shape index (κ3) is 4.41. The van der Waals surface area contributed by atoms with Crippen LogP contribution in [0.5, 0.6) is 0 Å². The summed E-state index contributed by atoms with van der Waals surface area (Å²) >= 11 is 5.86. The Balaban J connectivity index is 2.84. The van der Waals surface area contributed by atoms with E-state index in [1.807, 2.05) is 32.9 Å². The number of nitrogens with zero attached hydrogens (tertiary/aromatic N) is 3. The molecule has 0 atom stereocenters. The molecule has 0 unspecified atom stereocenters. The van der Waals surface area contributed by atoms with E-state index in [2.05, 4.69) is 16.7 Å². The summed E-state index contributed by atoms with van der Waals surface area (Å²) < 4.78 is 1.69. The number of hydrogen-bond acceptors (Lipinski definition) is 2. The van der Waals surface area contributed by atoms with Gasteiger partial charge in [-0.3, -0.25) is 0 Å². The molecule has 0 radical (unpaired) electrons. The molecule has 4 nitrogen and oxygen atoms in total. The number of halogens is 1. The lowest BCUT2D eigenvalue weighted by Crippen LogP contribution is -2.32. The quantitative estimate of drug-likeness (QED) is 0.387. The minimum atomic E-state index is -0.207. The van der Waals surface area contributed by atoms with Gasteiger partial charge in [0.25, 0.3) is 0 Å². The van der Waals surface area contributed by atoms with Crippen LogP contribution in [0, 0.1) is 11.3 Å². The highest BCUT2D eigenvalue weighted by Gasteiger charge is 2.21. The van der Waals surface area contributed by atoms with Gasteiger partial charge in [-0.25, -0.2) is 0 Å². The molecular weight excluding hydrogens is 236 g/mol. The van der Waals surface area contributed by atoms with Crippen molar-refractivity contribution in [3.8, 4) is 6.07 Å². The first-order chi connectivity index (χ1) is 7.93. The van der Waals surface area contributed by atoms with Crippen molar-refractivity contribution in [3.63, 3.8) is 0 Å². The molecule has 1 aromatic rings. The first-order valence-corrected chi connectivity index (χ1v) is 5.68. The zero-order valence-electron chi connectivity index (χ0n) is 10.2. The molecule has 17 heavy (non-hydrogen) atoms. The third-order valence-electron chi connectivity index (χ3n) is 2.12. The summed E-state index contributed by atoms with van der Waals surface area (Å²) in [5.74, 6) is 0. The van der Waals surface area contributed by atoms with Crippen molar-refractivity contribution in [2.75, 3.05) is 12.0 Å². The fourth-order valence-corrected chi connectivity index (χ4v) is 1.36. The molecule has 0 fully saturated rings.